The van der Waals surface area contributed by atoms with Crippen LogP contribution in [0.4, 0.5) is 0 Å². The molecule has 0 fully saturated rings. The molecule has 7 heteroatoms. The zero-order chi connectivity index (χ0) is 24.6. The topological polar surface area (TPSA) is 76.9 Å². The van der Waals surface area contributed by atoms with Crippen molar-refractivity contribution in [1.29, 1.82) is 0 Å². The van der Waals surface area contributed by atoms with E-state index in [4.69, 9.17) is 4.98 Å². The summed E-state index contributed by atoms with van der Waals surface area (Å²) in [6, 6.07) is 23.3. The van der Waals surface area contributed by atoms with E-state index in [-0.39, 0.29) is 11.5 Å². The van der Waals surface area contributed by atoms with Gasteiger partial charge in [0.2, 0.25) is 0 Å². The number of hydrogen-bond acceptors (Lipinski definition) is 5. The van der Waals surface area contributed by atoms with Crippen LogP contribution in [0.1, 0.15) is 38.4 Å². The molecule has 2 aromatic carbocycles. The molecule has 0 aliphatic carbocycles. The molecule has 6 nitrogen and oxygen atoms in total. The minimum Gasteiger partial charge on any atom is -0.352 e. The molecular formula is C28H28N4O2S. The van der Waals surface area contributed by atoms with Gasteiger partial charge >= 0.3 is 0 Å². The molecule has 0 radical (unpaired) electrons. The monoisotopic (exact) mass is 484 g/mol. The lowest BCUT2D eigenvalue weighted by Crippen LogP contribution is -2.26. The molecule has 0 bridgehead atoms. The first kappa shape index (κ1) is 24.4. The van der Waals surface area contributed by atoms with E-state index >= 15 is 0 Å². The summed E-state index contributed by atoms with van der Waals surface area (Å²) in [5.41, 5.74) is 5.08. The van der Waals surface area contributed by atoms with Gasteiger partial charge in [0.15, 0.2) is 5.16 Å². The van der Waals surface area contributed by atoms with Crippen LogP contribution in [0.25, 0.3) is 0 Å². The van der Waals surface area contributed by atoms with Gasteiger partial charge in [0.1, 0.15) is 0 Å². The third kappa shape index (κ3) is 6.45. The molecule has 4 aromatic rings. The van der Waals surface area contributed by atoms with Gasteiger partial charge in [-0.15, -0.1) is 0 Å². The molecule has 1 N–H and O–H groups in total. The van der Waals surface area contributed by atoms with Crippen molar-refractivity contribution < 1.29 is 4.79 Å². The van der Waals surface area contributed by atoms with E-state index in [2.05, 4.69) is 10.3 Å². The largest absolute Gasteiger partial charge is 0.352 e. The van der Waals surface area contributed by atoms with Gasteiger partial charge in [0, 0.05) is 60.9 Å². The second-order valence-electron chi connectivity index (χ2n) is 8.30. The van der Waals surface area contributed by atoms with Crippen molar-refractivity contribution in [3.8, 4) is 0 Å². The molecule has 178 valence electrons. The lowest BCUT2D eigenvalue weighted by molar-refractivity contribution is 0.0954. The highest BCUT2D eigenvalue weighted by Crippen LogP contribution is 2.22. The fraction of sp³-hybridized carbons (Fsp3) is 0.214. The summed E-state index contributed by atoms with van der Waals surface area (Å²) < 4.78 is 1.62. The summed E-state index contributed by atoms with van der Waals surface area (Å²) in [5, 5.41) is 3.62. The standard InChI is InChI=1S/C28H28N4O2S/c1-20-25(18-21-9-4-3-5-10-21)27(34)32(2)28(31-20)35-19-22-11-8-12-23(17-22)26(33)30-16-14-24-13-6-7-15-29-24/h3-13,15,17H,14,16,18-19H2,1-2H3,(H,30,33). The van der Waals surface area contributed by atoms with Crippen LogP contribution >= 0.6 is 11.8 Å². The van der Waals surface area contributed by atoms with Crippen LogP contribution in [0.15, 0.2) is 88.9 Å². The summed E-state index contributed by atoms with van der Waals surface area (Å²) in [4.78, 5) is 34.6. The van der Waals surface area contributed by atoms with Crippen LogP contribution in [0.5, 0.6) is 0 Å². The van der Waals surface area contributed by atoms with Crippen LogP contribution in [0, 0.1) is 6.92 Å². The minimum atomic E-state index is -0.112. The Morgan fingerprint density at radius 3 is 2.54 bits per heavy atom. The van der Waals surface area contributed by atoms with Gasteiger partial charge in [-0.25, -0.2) is 4.98 Å². The Hall–Kier alpha value is -3.71. The number of aromatic nitrogens is 3. The molecular weight excluding hydrogens is 456 g/mol. The zero-order valence-electron chi connectivity index (χ0n) is 19.9. The molecule has 0 unspecified atom stereocenters. The lowest BCUT2D eigenvalue weighted by atomic mass is 10.1. The van der Waals surface area contributed by atoms with E-state index in [9.17, 15) is 9.59 Å². The molecule has 0 aliphatic rings. The molecule has 1 amide bonds. The molecule has 0 saturated carbocycles. The Labute approximate surface area is 209 Å². The Morgan fingerprint density at radius 2 is 1.77 bits per heavy atom. The Balaban J connectivity index is 1.39. The number of hydrogen-bond donors (Lipinski definition) is 1. The SMILES string of the molecule is Cc1nc(SCc2cccc(C(=O)NCCc3ccccn3)c2)n(C)c(=O)c1Cc1ccccc1. The van der Waals surface area contributed by atoms with Crippen molar-refractivity contribution in [2.45, 2.75) is 30.7 Å². The number of nitrogens with one attached hydrogen (secondary N) is 1. The normalized spacial score (nSPS) is 10.8. The Morgan fingerprint density at radius 1 is 1.00 bits per heavy atom. The average molecular weight is 485 g/mol. The quantitative estimate of drug-likeness (QED) is 0.283. The first-order valence-corrected chi connectivity index (χ1v) is 12.5. The van der Waals surface area contributed by atoms with Gasteiger partial charge in [-0.2, -0.15) is 0 Å². The Bertz CT molecular complexity index is 1350. The number of aryl methyl sites for hydroxylation is 1. The third-order valence-corrected chi connectivity index (χ3v) is 6.82. The highest BCUT2D eigenvalue weighted by molar-refractivity contribution is 7.98. The van der Waals surface area contributed by atoms with Gasteiger partial charge in [-0.05, 0) is 42.3 Å². The van der Waals surface area contributed by atoms with Crippen LogP contribution < -0.4 is 10.9 Å². The maximum atomic E-state index is 13.0. The van der Waals surface area contributed by atoms with E-state index < -0.39 is 0 Å². The number of thioether (sulfide) groups is 1. The van der Waals surface area contributed by atoms with Gasteiger partial charge in [0.25, 0.3) is 11.5 Å². The smallest absolute Gasteiger partial charge is 0.257 e. The number of carbonyl (C=O) groups excluding carboxylic acids is 1. The summed E-state index contributed by atoms with van der Waals surface area (Å²) in [7, 11) is 1.76. The molecule has 2 heterocycles. The van der Waals surface area contributed by atoms with E-state index in [1.807, 2.05) is 73.7 Å². The number of nitrogens with zero attached hydrogens (tertiary/aromatic N) is 3. The van der Waals surface area contributed by atoms with E-state index in [0.29, 0.717) is 41.4 Å². The molecule has 0 saturated heterocycles. The first-order chi connectivity index (χ1) is 17.0. The first-order valence-electron chi connectivity index (χ1n) is 11.5. The van der Waals surface area contributed by atoms with Gasteiger partial charge < -0.3 is 5.32 Å². The molecule has 35 heavy (non-hydrogen) atoms. The van der Waals surface area contributed by atoms with Gasteiger partial charge in [0.05, 0.1) is 0 Å². The minimum absolute atomic E-state index is 0.0233. The summed E-state index contributed by atoms with van der Waals surface area (Å²) in [6.45, 7) is 2.41. The summed E-state index contributed by atoms with van der Waals surface area (Å²) >= 11 is 1.49. The van der Waals surface area contributed by atoms with Crippen molar-refractivity contribution in [3.05, 3.63) is 123 Å². The second-order valence-corrected chi connectivity index (χ2v) is 9.24. The number of carbonyl (C=O) groups is 1. The molecule has 2 aromatic heterocycles. The van der Waals surface area contributed by atoms with Crippen molar-refractivity contribution in [1.82, 2.24) is 19.9 Å². The van der Waals surface area contributed by atoms with Crippen molar-refractivity contribution in [2.24, 2.45) is 7.05 Å². The lowest BCUT2D eigenvalue weighted by Gasteiger charge is -2.12. The number of pyridine rings is 1. The Kier molecular flexibility index (Phi) is 8.11. The number of amides is 1. The number of rotatable bonds is 9. The summed E-state index contributed by atoms with van der Waals surface area (Å²) in [6.07, 6.45) is 3.00. The highest BCUT2D eigenvalue weighted by Gasteiger charge is 2.14. The molecule has 4 rings (SSSR count). The fourth-order valence-corrected chi connectivity index (χ4v) is 4.72. The van der Waals surface area contributed by atoms with Crippen molar-refractivity contribution in [3.63, 3.8) is 0 Å². The molecule has 0 aliphatic heterocycles. The second kappa shape index (κ2) is 11.6. The van der Waals surface area contributed by atoms with E-state index in [0.717, 1.165) is 22.5 Å². The fourth-order valence-electron chi connectivity index (χ4n) is 3.77. The van der Waals surface area contributed by atoms with Crippen LogP contribution in [-0.2, 0) is 25.6 Å². The maximum Gasteiger partial charge on any atom is 0.257 e. The van der Waals surface area contributed by atoms with Crippen molar-refractivity contribution in [2.75, 3.05) is 6.54 Å². The molecule has 0 spiro atoms. The molecule has 0 atom stereocenters. The predicted molar refractivity (Wildman–Crippen MR) is 140 cm³/mol. The van der Waals surface area contributed by atoms with Gasteiger partial charge in [-0.3, -0.25) is 19.1 Å². The van der Waals surface area contributed by atoms with Crippen LogP contribution in [0.2, 0.25) is 0 Å². The zero-order valence-corrected chi connectivity index (χ0v) is 20.7. The number of benzene rings is 2. The van der Waals surface area contributed by atoms with Crippen molar-refractivity contribution >= 4 is 17.7 Å². The third-order valence-electron chi connectivity index (χ3n) is 5.72. The highest BCUT2D eigenvalue weighted by atomic mass is 32.2. The summed E-state index contributed by atoms with van der Waals surface area (Å²) in [5.74, 6) is 0.492. The maximum absolute atomic E-state index is 13.0. The van der Waals surface area contributed by atoms with E-state index in [1.165, 1.54) is 11.8 Å². The van der Waals surface area contributed by atoms with E-state index in [1.54, 1.807) is 23.9 Å². The van der Waals surface area contributed by atoms with Gasteiger partial charge in [-0.1, -0.05) is 60.3 Å². The van der Waals surface area contributed by atoms with Crippen LogP contribution in [0.3, 0.4) is 0 Å². The predicted octanol–water partition coefficient (Wildman–Crippen LogP) is 4.34. The average Bonchev–Trinajstić information content (AvgIpc) is 2.89. The van der Waals surface area contributed by atoms with Crippen LogP contribution in [-0.4, -0.2) is 27.0 Å².